The lowest BCUT2D eigenvalue weighted by atomic mass is 9.66. The van der Waals surface area contributed by atoms with E-state index in [9.17, 15) is 9.90 Å². The van der Waals surface area contributed by atoms with Crippen LogP contribution in [-0.4, -0.2) is 54.6 Å². The number of carbonyl (C=O) groups excluding carboxylic acids is 1. The standard InChI is InChI=1S/C13H23NO4/c1-11(2,3)18-10(16)14-5-12(4,7-15)13(6-14)8-17-9-13/h15H,5-9H2,1-4H3. The van der Waals surface area contributed by atoms with Crippen LogP contribution in [0.2, 0.25) is 0 Å². The van der Waals surface area contributed by atoms with Gasteiger partial charge in [-0.2, -0.15) is 0 Å². The van der Waals surface area contributed by atoms with Gasteiger partial charge in [-0.1, -0.05) is 6.92 Å². The third-order valence-corrected chi connectivity index (χ3v) is 4.07. The SMILES string of the molecule is CC(C)(C)OC(=O)N1CC(C)(CO)C2(COC2)C1. The fourth-order valence-electron chi connectivity index (χ4n) is 2.66. The number of nitrogens with zero attached hydrogens (tertiary/aromatic N) is 1. The Kier molecular flexibility index (Phi) is 3.10. The van der Waals surface area contributed by atoms with E-state index in [0.29, 0.717) is 26.3 Å². The summed E-state index contributed by atoms with van der Waals surface area (Å²) in [5.74, 6) is 0. The molecule has 2 aliphatic rings. The maximum atomic E-state index is 12.1. The number of hydrogen-bond donors (Lipinski definition) is 1. The Hall–Kier alpha value is -0.810. The van der Waals surface area contributed by atoms with Crippen LogP contribution in [0.5, 0.6) is 0 Å². The first-order valence-corrected chi connectivity index (χ1v) is 6.38. The monoisotopic (exact) mass is 257 g/mol. The van der Waals surface area contributed by atoms with Gasteiger partial charge in [-0.25, -0.2) is 4.79 Å². The quantitative estimate of drug-likeness (QED) is 0.768. The van der Waals surface area contributed by atoms with E-state index >= 15 is 0 Å². The van der Waals surface area contributed by atoms with Crippen molar-refractivity contribution in [2.24, 2.45) is 10.8 Å². The van der Waals surface area contributed by atoms with Crippen molar-refractivity contribution >= 4 is 6.09 Å². The minimum absolute atomic E-state index is 0.0651. The highest BCUT2D eigenvalue weighted by molar-refractivity contribution is 5.69. The minimum Gasteiger partial charge on any atom is -0.444 e. The molecule has 0 saturated carbocycles. The Labute approximate surface area is 108 Å². The summed E-state index contributed by atoms with van der Waals surface area (Å²) in [6, 6.07) is 0. The van der Waals surface area contributed by atoms with E-state index in [0.717, 1.165) is 0 Å². The van der Waals surface area contributed by atoms with Gasteiger partial charge in [-0.15, -0.1) is 0 Å². The van der Waals surface area contributed by atoms with Crippen LogP contribution in [-0.2, 0) is 9.47 Å². The van der Waals surface area contributed by atoms with Crippen LogP contribution in [0.15, 0.2) is 0 Å². The van der Waals surface area contributed by atoms with Crippen molar-refractivity contribution in [2.75, 3.05) is 32.9 Å². The Balaban J connectivity index is 2.08. The molecule has 1 spiro atoms. The molecule has 0 aromatic rings. The van der Waals surface area contributed by atoms with E-state index < -0.39 is 5.60 Å². The predicted molar refractivity (Wildman–Crippen MR) is 66.3 cm³/mol. The smallest absolute Gasteiger partial charge is 0.410 e. The molecule has 0 radical (unpaired) electrons. The van der Waals surface area contributed by atoms with Gasteiger partial charge < -0.3 is 19.5 Å². The highest BCUT2D eigenvalue weighted by Crippen LogP contribution is 2.50. The van der Waals surface area contributed by atoms with Crippen LogP contribution >= 0.6 is 0 Å². The number of aliphatic hydroxyl groups is 1. The van der Waals surface area contributed by atoms with Crippen molar-refractivity contribution in [3.8, 4) is 0 Å². The first kappa shape index (κ1) is 13.6. The summed E-state index contributed by atoms with van der Waals surface area (Å²) in [7, 11) is 0. The molecule has 2 aliphatic heterocycles. The van der Waals surface area contributed by atoms with Crippen molar-refractivity contribution in [1.82, 2.24) is 4.90 Å². The van der Waals surface area contributed by atoms with E-state index in [1.165, 1.54) is 0 Å². The number of hydrogen-bond acceptors (Lipinski definition) is 4. The van der Waals surface area contributed by atoms with Gasteiger partial charge >= 0.3 is 6.09 Å². The lowest BCUT2D eigenvalue weighted by Crippen LogP contribution is -2.55. The minimum atomic E-state index is -0.488. The van der Waals surface area contributed by atoms with Gasteiger partial charge in [0.05, 0.1) is 19.8 Å². The second kappa shape index (κ2) is 4.10. The number of amides is 1. The van der Waals surface area contributed by atoms with Crippen LogP contribution < -0.4 is 0 Å². The Morgan fingerprint density at radius 2 is 2.00 bits per heavy atom. The van der Waals surface area contributed by atoms with Crippen molar-refractivity contribution in [3.05, 3.63) is 0 Å². The largest absolute Gasteiger partial charge is 0.444 e. The molecule has 1 amide bonds. The first-order valence-electron chi connectivity index (χ1n) is 6.38. The van der Waals surface area contributed by atoms with Crippen LogP contribution in [0.25, 0.3) is 0 Å². The Morgan fingerprint density at radius 1 is 1.39 bits per heavy atom. The molecule has 0 bridgehead atoms. The average Bonchev–Trinajstić information content (AvgIpc) is 2.50. The zero-order chi connectivity index (χ0) is 13.6. The molecule has 104 valence electrons. The molecule has 0 aromatic carbocycles. The van der Waals surface area contributed by atoms with Crippen LogP contribution in [0.4, 0.5) is 4.79 Å². The third-order valence-electron chi connectivity index (χ3n) is 4.07. The molecule has 2 rings (SSSR count). The van der Waals surface area contributed by atoms with Gasteiger partial charge in [0.1, 0.15) is 5.60 Å². The number of carbonyl (C=O) groups is 1. The number of likely N-dealkylation sites (tertiary alicyclic amines) is 1. The molecule has 0 aromatic heterocycles. The maximum Gasteiger partial charge on any atom is 0.410 e. The Morgan fingerprint density at radius 3 is 2.33 bits per heavy atom. The van der Waals surface area contributed by atoms with Gasteiger partial charge in [-0.3, -0.25) is 0 Å². The third kappa shape index (κ3) is 2.10. The molecule has 2 heterocycles. The van der Waals surface area contributed by atoms with Crippen molar-refractivity contribution < 1.29 is 19.4 Å². The maximum absolute atomic E-state index is 12.1. The molecule has 1 atom stereocenters. The molecule has 2 fully saturated rings. The molecule has 5 heteroatoms. The number of ether oxygens (including phenoxy) is 2. The zero-order valence-corrected chi connectivity index (χ0v) is 11.7. The summed E-state index contributed by atoms with van der Waals surface area (Å²) < 4.78 is 10.7. The van der Waals surface area contributed by atoms with Crippen molar-refractivity contribution in [1.29, 1.82) is 0 Å². The summed E-state index contributed by atoms with van der Waals surface area (Å²) in [6.45, 7) is 10.0. The molecule has 5 nitrogen and oxygen atoms in total. The molecule has 1 unspecified atom stereocenters. The van der Waals surface area contributed by atoms with E-state index in [1.54, 1.807) is 4.90 Å². The molecule has 18 heavy (non-hydrogen) atoms. The molecule has 2 saturated heterocycles. The summed E-state index contributed by atoms with van der Waals surface area (Å²) in [4.78, 5) is 13.8. The molecular weight excluding hydrogens is 234 g/mol. The number of rotatable bonds is 1. The predicted octanol–water partition coefficient (Wildman–Crippen LogP) is 1.25. The molecular formula is C13H23NO4. The van der Waals surface area contributed by atoms with Crippen molar-refractivity contribution in [3.63, 3.8) is 0 Å². The van der Waals surface area contributed by atoms with Crippen LogP contribution in [0.3, 0.4) is 0 Å². The van der Waals surface area contributed by atoms with Crippen LogP contribution in [0.1, 0.15) is 27.7 Å². The lowest BCUT2D eigenvalue weighted by Gasteiger charge is -2.47. The summed E-state index contributed by atoms with van der Waals surface area (Å²) >= 11 is 0. The van der Waals surface area contributed by atoms with Gasteiger partial charge in [0.2, 0.25) is 0 Å². The molecule has 0 aliphatic carbocycles. The highest BCUT2D eigenvalue weighted by Gasteiger charge is 2.60. The first-order chi connectivity index (χ1) is 8.21. The average molecular weight is 257 g/mol. The van der Waals surface area contributed by atoms with Gasteiger partial charge in [-0.05, 0) is 20.8 Å². The van der Waals surface area contributed by atoms with E-state index in [4.69, 9.17) is 9.47 Å². The fourth-order valence-corrected chi connectivity index (χ4v) is 2.66. The second-order valence-corrected chi connectivity index (χ2v) is 6.83. The topological polar surface area (TPSA) is 59.0 Å². The van der Waals surface area contributed by atoms with Gasteiger partial charge in [0.25, 0.3) is 0 Å². The number of aliphatic hydroxyl groups excluding tert-OH is 1. The van der Waals surface area contributed by atoms with Gasteiger partial charge in [0.15, 0.2) is 0 Å². The zero-order valence-electron chi connectivity index (χ0n) is 11.7. The fraction of sp³-hybridized carbons (Fsp3) is 0.923. The van der Waals surface area contributed by atoms with Crippen LogP contribution in [0, 0.1) is 10.8 Å². The summed E-state index contributed by atoms with van der Waals surface area (Å²) in [5, 5.41) is 9.62. The normalized spacial score (nSPS) is 30.4. The Bertz CT molecular complexity index is 334. The highest BCUT2D eigenvalue weighted by atomic mass is 16.6. The lowest BCUT2D eigenvalue weighted by molar-refractivity contribution is -0.166. The van der Waals surface area contributed by atoms with Gasteiger partial charge in [0, 0.05) is 23.9 Å². The summed E-state index contributed by atoms with van der Waals surface area (Å²) in [6.07, 6.45) is -0.300. The van der Waals surface area contributed by atoms with E-state index in [1.807, 2.05) is 27.7 Å². The van der Waals surface area contributed by atoms with E-state index in [-0.39, 0.29) is 23.5 Å². The van der Waals surface area contributed by atoms with Crippen molar-refractivity contribution in [2.45, 2.75) is 33.3 Å². The van der Waals surface area contributed by atoms with E-state index in [2.05, 4.69) is 0 Å². The molecule has 1 N–H and O–H groups in total. The second-order valence-electron chi connectivity index (χ2n) is 6.83. The summed E-state index contributed by atoms with van der Waals surface area (Å²) in [5.41, 5.74) is -0.876.